The fraction of sp³-hybridized carbons (Fsp3) is 0.550. The molecule has 0 saturated heterocycles. The molecule has 0 saturated carbocycles. The molecule has 0 bridgehead atoms. The molecule has 122 valence electrons. The molecule has 1 aromatic carbocycles. The minimum atomic E-state index is -0.134. The van der Waals surface area contributed by atoms with Crippen LogP contribution in [-0.2, 0) is 22.0 Å². The first kappa shape index (κ1) is 18.5. The highest BCUT2D eigenvalue weighted by Crippen LogP contribution is 2.39. The lowest BCUT2D eigenvalue weighted by atomic mass is 9.78. The summed E-state index contributed by atoms with van der Waals surface area (Å²) < 4.78 is 0. The minimum Gasteiger partial charge on any atom is -0.507 e. The molecule has 0 heterocycles. The van der Waals surface area contributed by atoms with E-state index in [1.165, 1.54) is 0 Å². The van der Waals surface area contributed by atoms with E-state index in [-0.39, 0.29) is 16.6 Å². The normalized spacial score (nSPS) is 12.3. The van der Waals surface area contributed by atoms with Gasteiger partial charge >= 0.3 is 0 Å². The standard InChI is InChI=1S/C20H30O2/c1-8-9-15(21)11-10-14-12-16(19(2,3)4)18(22)17(13-14)20(5,6)7/h8,12-13,22H,1,9-11H2,2-7H3. The second kappa shape index (κ2) is 6.68. The van der Waals surface area contributed by atoms with Crippen LogP contribution in [0.15, 0.2) is 24.8 Å². The largest absolute Gasteiger partial charge is 0.507 e. The SMILES string of the molecule is C=CCC(=O)CCc1cc(C(C)(C)C)c(O)c(C(C)(C)C)c1. The summed E-state index contributed by atoms with van der Waals surface area (Å²) in [5.41, 5.74) is 2.75. The van der Waals surface area contributed by atoms with E-state index in [0.29, 0.717) is 25.0 Å². The molecule has 0 fully saturated rings. The van der Waals surface area contributed by atoms with Crippen LogP contribution in [0.5, 0.6) is 5.75 Å². The summed E-state index contributed by atoms with van der Waals surface area (Å²) in [7, 11) is 0. The molecule has 22 heavy (non-hydrogen) atoms. The molecular formula is C20H30O2. The quantitative estimate of drug-likeness (QED) is 0.771. The number of hydrogen-bond donors (Lipinski definition) is 1. The Morgan fingerprint density at radius 3 is 1.91 bits per heavy atom. The summed E-state index contributed by atoms with van der Waals surface area (Å²) in [4.78, 5) is 11.7. The van der Waals surface area contributed by atoms with Crippen molar-refractivity contribution in [2.75, 3.05) is 0 Å². The average Bonchev–Trinajstić information content (AvgIpc) is 2.35. The zero-order chi connectivity index (χ0) is 17.1. The Morgan fingerprint density at radius 1 is 1.09 bits per heavy atom. The lowest BCUT2D eigenvalue weighted by Crippen LogP contribution is -2.18. The zero-order valence-electron chi connectivity index (χ0n) is 14.9. The first-order chi connectivity index (χ1) is 9.96. The molecule has 0 aliphatic rings. The number of Topliss-reactive ketones (excluding diaryl/α,β-unsaturated/α-hetero) is 1. The summed E-state index contributed by atoms with van der Waals surface area (Å²) in [6.07, 6.45) is 3.31. The molecule has 1 rings (SSSR count). The number of phenols is 1. The molecule has 1 N–H and O–H groups in total. The Bertz CT molecular complexity index is 519. The maximum atomic E-state index is 11.7. The lowest BCUT2D eigenvalue weighted by Gasteiger charge is -2.28. The van der Waals surface area contributed by atoms with Crippen LogP contribution in [0.4, 0.5) is 0 Å². The molecule has 0 amide bonds. The topological polar surface area (TPSA) is 37.3 Å². The van der Waals surface area contributed by atoms with E-state index in [0.717, 1.165) is 16.7 Å². The Morgan fingerprint density at radius 2 is 1.55 bits per heavy atom. The van der Waals surface area contributed by atoms with Crippen molar-refractivity contribution in [3.63, 3.8) is 0 Å². The number of rotatable bonds is 5. The van der Waals surface area contributed by atoms with Crippen molar-refractivity contribution in [2.45, 2.75) is 71.6 Å². The van der Waals surface area contributed by atoms with E-state index in [4.69, 9.17) is 0 Å². The molecule has 0 aromatic heterocycles. The van der Waals surface area contributed by atoms with E-state index in [9.17, 15) is 9.90 Å². The van der Waals surface area contributed by atoms with Crippen LogP contribution in [0.3, 0.4) is 0 Å². The van der Waals surface area contributed by atoms with E-state index >= 15 is 0 Å². The second-order valence-electron chi connectivity index (χ2n) is 8.07. The van der Waals surface area contributed by atoms with Gasteiger partial charge in [0.15, 0.2) is 0 Å². The van der Waals surface area contributed by atoms with Crippen molar-refractivity contribution in [1.82, 2.24) is 0 Å². The van der Waals surface area contributed by atoms with Gasteiger partial charge in [0.05, 0.1) is 0 Å². The van der Waals surface area contributed by atoms with Gasteiger partial charge in [-0.15, -0.1) is 6.58 Å². The van der Waals surface area contributed by atoms with Crippen LogP contribution in [0.25, 0.3) is 0 Å². The van der Waals surface area contributed by atoms with Crippen molar-refractivity contribution < 1.29 is 9.90 Å². The molecular weight excluding hydrogens is 272 g/mol. The average molecular weight is 302 g/mol. The van der Waals surface area contributed by atoms with Crippen LogP contribution in [0.2, 0.25) is 0 Å². The second-order valence-corrected chi connectivity index (χ2v) is 8.07. The van der Waals surface area contributed by atoms with Gasteiger partial charge in [-0.05, 0) is 33.9 Å². The highest BCUT2D eigenvalue weighted by atomic mass is 16.3. The number of aromatic hydroxyl groups is 1. The smallest absolute Gasteiger partial charge is 0.136 e. The minimum absolute atomic E-state index is 0.134. The van der Waals surface area contributed by atoms with Crippen LogP contribution < -0.4 is 0 Å². The van der Waals surface area contributed by atoms with Gasteiger partial charge in [-0.25, -0.2) is 0 Å². The number of carbonyl (C=O) groups excluding carboxylic acids is 1. The monoisotopic (exact) mass is 302 g/mol. The number of carbonyl (C=O) groups is 1. The number of ketones is 1. The Hall–Kier alpha value is -1.57. The number of aryl methyl sites for hydroxylation is 1. The third-order valence-corrected chi connectivity index (χ3v) is 3.85. The Balaban J connectivity index is 3.24. The van der Waals surface area contributed by atoms with Gasteiger partial charge in [-0.2, -0.15) is 0 Å². The van der Waals surface area contributed by atoms with Crippen LogP contribution in [0.1, 0.15) is 71.1 Å². The third kappa shape index (κ3) is 4.72. The van der Waals surface area contributed by atoms with Crippen LogP contribution in [-0.4, -0.2) is 10.9 Å². The van der Waals surface area contributed by atoms with Gasteiger partial charge in [0.1, 0.15) is 11.5 Å². The van der Waals surface area contributed by atoms with Gasteiger partial charge in [0.25, 0.3) is 0 Å². The van der Waals surface area contributed by atoms with E-state index in [2.05, 4.69) is 48.1 Å². The van der Waals surface area contributed by atoms with Crippen molar-refractivity contribution >= 4 is 5.78 Å². The van der Waals surface area contributed by atoms with E-state index < -0.39 is 0 Å². The molecule has 0 aliphatic carbocycles. The molecule has 0 spiro atoms. The number of allylic oxidation sites excluding steroid dienone is 1. The molecule has 0 radical (unpaired) electrons. The molecule has 0 unspecified atom stereocenters. The zero-order valence-corrected chi connectivity index (χ0v) is 14.9. The number of phenolic OH excluding ortho intramolecular Hbond substituents is 1. The predicted octanol–water partition coefficient (Wildman–Crippen LogP) is 5.07. The van der Waals surface area contributed by atoms with Crippen molar-refractivity contribution in [3.8, 4) is 5.75 Å². The van der Waals surface area contributed by atoms with Crippen LogP contribution >= 0.6 is 0 Å². The molecule has 2 heteroatoms. The van der Waals surface area contributed by atoms with Crippen molar-refractivity contribution in [1.29, 1.82) is 0 Å². The van der Waals surface area contributed by atoms with Gasteiger partial charge < -0.3 is 5.11 Å². The highest BCUT2D eigenvalue weighted by Gasteiger charge is 2.26. The summed E-state index contributed by atoms with van der Waals surface area (Å²) in [6.45, 7) is 16.2. The Labute approximate surface area is 135 Å². The van der Waals surface area contributed by atoms with Crippen LogP contribution in [0, 0.1) is 0 Å². The van der Waals surface area contributed by atoms with Crippen molar-refractivity contribution in [2.24, 2.45) is 0 Å². The number of benzene rings is 1. The first-order valence-corrected chi connectivity index (χ1v) is 7.96. The lowest BCUT2D eigenvalue weighted by molar-refractivity contribution is -0.118. The Kier molecular flexibility index (Phi) is 5.61. The molecule has 0 atom stereocenters. The van der Waals surface area contributed by atoms with Gasteiger partial charge in [-0.3, -0.25) is 4.79 Å². The van der Waals surface area contributed by atoms with E-state index in [1.807, 2.05) is 12.1 Å². The van der Waals surface area contributed by atoms with E-state index in [1.54, 1.807) is 6.08 Å². The number of hydrogen-bond acceptors (Lipinski definition) is 2. The van der Waals surface area contributed by atoms with Crippen molar-refractivity contribution in [3.05, 3.63) is 41.5 Å². The summed E-state index contributed by atoms with van der Waals surface area (Å²) in [6, 6.07) is 4.09. The molecule has 2 nitrogen and oxygen atoms in total. The maximum absolute atomic E-state index is 11.7. The highest BCUT2D eigenvalue weighted by molar-refractivity contribution is 5.80. The third-order valence-electron chi connectivity index (χ3n) is 3.85. The summed E-state index contributed by atoms with van der Waals surface area (Å²) in [5, 5.41) is 10.7. The predicted molar refractivity (Wildman–Crippen MR) is 93.6 cm³/mol. The fourth-order valence-electron chi connectivity index (χ4n) is 2.53. The summed E-state index contributed by atoms with van der Waals surface area (Å²) >= 11 is 0. The molecule has 0 aliphatic heterocycles. The van der Waals surface area contributed by atoms with Gasteiger partial charge in [0, 0.05) is 12.8 Å². The first-order valence-electron chi connectivity index (χ1n) is 7.96. The van der Waals surface area contributed by atoms with Gasteiger partial charge in [0.2, 0.25) is 0 Å². The summed E-state index contributed by atoms with van der Waals surface area (Å²) in [5.74, 6) is 0.596. The fourth-order valence-corrected chi connectivity index (χ4v) is 2.53. The van der Waals surface area contributed by atoms with Gasteiger partial charge in [-0.1, -0.05) is 59.8 Å². The maximum Gasteiger partial charge on any atom is 0.136 e. The molecule has 1 aromatic rings.